The first-order valence-electron chi connectivity index (χ1n) is 4.37. The molecule has 0 bridgehead atoms. The van der Waals surface area contributed by atoms with E-state index in [4.69, 9.17) is 5.11 Å². The zero-order chi connectivity index (χ0) is 12.9. The number of halogens is 3. The van der Waals surface area contributed by atoms with E-state index >= 15 is 0 Å². The van der Waals surface area contributed by atoms with Crippen LogP contribution in [0.15, 0.2) is 0 Å². The summed E-state index contributed by atoms with van der Waals surface area (Å²) >= 11 is 0. The van der Waals surface area contributed by atoms with Gasteiger partial charge in [-0.15, -0.1) is 0 Å². The molecular formula is C8H13F3N2O3. The van der Waals surface area contributed by atoms with Crippen molar-refractivity contribution < 1.29 is 27.9 Å². The van der Waals surface area contributed by atoms with Crippen molar-refractivity contribution >= 4 is 11.9 Å². The summed E-state index contributed by atoms with van der Waals surface area (Å²) < 4.78 is 36.7. The molecule has 8 heteroatoms. The molecule has 0 radical (unpaired) electrons. The highest BCUT2D eigenvalue weighted by atomic mass is 19.4. The van der Waals surface area contributed by atoms with Crippen molar-refractivity contribution in [2.45, 2.75) is 6.18 Å². The van der Waals surface area contributed by atoms with Gasteiger partial charge in [-0.05, 0) is 7.05 Å². The molecule has 0 aromatic rings. The van der Waals surface area contributed by atoms with Crippen LogP contribution in [0.5, 0.6) is 0 Å². The van der Waals surface area contributed by atoms with Gasteiger partial charge in [0.05, 0.1) is 6.54 Å². The minimum Gasteiger partial charge on any atom is -0.481 e. The number of hydrogen-bond donors (Lipinski definition) is 2. The van der Waals surface area contributed by atoms with E-state index in [2.05, 4.69) is 5.32 Å². The zero-order valence-corrected chi connectivity index (χ0v) is 8.84. The SMILES string of the molecule is CNC(=O)CN(C)CC(C(=O)O)C(F)(F)F. The van der Waals surface area contributed by atoms with Crippen LogP contribution in [-0.4, -0.2) is 55.2 Å². The molecule has 0 rings (SSSR count). The number of aliphatic carboxylic acids is 1. The van der Waals surface area contributed by atoms with Crippen LogP contribution in [0.3, 0.4) is 0 Å². The molecule has 0 saturated carbocycles. The summed E-state index contributed by atoms with van der Waals surface area (Å²) in [6.07, 6.45) is -4.82. The first-order valence-corrected chi connectivity index (χ1v) is 4.37. The predicted octanol–water partition coefficient (Wildman–Crippen LogP) is -0.0727. The molecule has 1 atom stereocenters. The summed E-state index contributed by atoms with van der Waals surface area (Å²) in [5, 5.41) is 10.6. The number of hydrogen-bond acceptors (Lipinski definition) is 3. The van der Waals surface area contributed by atoms with E-state index in [1.165, 1.54) is 14.1 Å². The Morgan fingerprint density at radius 2 is 1.94 bits per heavy atom. The number of likely N-dealkylation sites (N-methyl/N-ethyl adjacent to an activating group) is 2. The van der Waals surface area contributed by atoms with E-state index in [0.29, 0.717) is 0 Å². The molecule has 0 fully saturated rings. The van der Waals surface area contributed by atoms with Gasteiger partial charge in [0.2, 0.25) is 5.91 Å². The zero-order valence-electron chi connectivity index (χ0n) is 8.84. The molecule has 0 saturated heterocycles. The van der Waals surface area contributed by atoms with Gasteiger partial charge >= 0.3 is 12.1 Å². The second-order valence-electron chi connectivity index (χ2n) is 3.30. The fraction of sp³-hybridized carbons (Fsp3) is 0.750. The molecular weight excluding hydrogens is 229 g/mol. The molecule has 0 aliphatic rings. The maximum Gasteiger partial charge on any atom is 0.403 e. The average Bonchev–Trinajstić information content (AvgIpc) is 2.11. The van der Waals surface area contributed by atoms with Crippen LogP contribution in [-0.2, 0) is 9.59 Å². The molecule has 94 valence electrons. The van der Waals surface area contributed by atoms with Crippen LogP contribution >= 0.6 is 0 Å². The highest BCUT2D eigenvalue weighted by Gasteiger charge is 2.45. The summed E-state index contributed by atoms with van der Waals surface area (Å²) in [4.78, 5) is 22.2. The lowest BCUT2D eigenvalue weighted by atomic mass is 10.1. The van der Waals surface area contributed by atoms with Crippen LogP contribution < -0.4 is 5.32 Å². The van der Waals surface area contributed by atoms with E-state index in [1.807, 2.05) is 0 Å². The number of nitrogens with one attached hydrogen (secondary N) is 1. The lowest BCUT2D eigenvalue weighted by molar-refractivity contribution is -0.196. The fourth-order valence-electron chi connectivity index (χ4n) is 1.02. The van der Waals surface area contributed by atoms with Crippen LogP contribution in [0.2, 0.25) is 0 Å². The quantitative estimate of drug-likeness (QED) is 0.708. The van der Waals surface area contributed by atoms with E-state index in [1.54, 1.807) is 0 Å². The van der Waals surface area contributed by atoms with Gasteiger partial charge in [0.25, 0.3) is 0 Å². The van der Waals surface area contributed by atoms with Crippen molar-refractivity contribution in [2.75, 3.05) is 27.2 Å². The van der Waals surface area contributed by atoms with Crippen molar-refractivity contribution in [3.8, 4) is 0 Å². The van der Waals surface area contributed by atoms with Gasteiger partial charge in [0.15, 0.2) is 5.92 Å². The summed E-state index contributed by atoms with van der Waals surface area (Å²) in [6, 6.07) is 0. The highest BCUT2D eigenvalue weighted by Crippen LogP contribution is 2.26. The minimum atomic E-state index is -4.82. The third-order valence-electron chi connectivity index (χ3n) is 1.88. The molecule has 1 unspecified atom stereocenters. The smallest absolute Gasteiger partial charge is 0.403 e. The lowest BCUT2D eigenvalue weighted by Crippen LogP contribution is -2.43. The lowest BCUT2D eigenvalue weighted by Gasteiger charge is -2.22. The molecule has 16 heavy (non-hydrogen) atoms. The van der Waals surface area contributed by atoms with Crippen LogP contribution in [0.25, 0.3) is 0 Å². The Morgan fingerprint density at radius 1 is 1.44 bits per heavy atom. The third-order valence-corrected chi connectivity index (χ3v) is 1.88. The normalized spacial score (nSPS) is 13.6. The fourth-order valence-corrected chi connectivity index (χ4v) is 1.02. The first kappa shape index (κ1) is 14.7. The Hall–Kier alpha value is -1.31. The number of carboxylic acids is 1. The molecule has 0 aliphatic heterocycles. The molecule has 0 aliphatic carbocycles. The second kappa shape index (κ2) is 5.69. The maximum atomic E-state index is 12.2. The summed E-state index contributed by atoms with van der Waals surface area (Å²) in [5.41, 5.74) is 0. The largest absolute Gasteiger partial charge is 0.481 e. The molecule has 0 aromatic carbocycles. The number of rotatable bonds is 5. The summed E-state index contributed by atoms with van der Waals surface area (Å²) in [5.74, 6) is -4.91. The Labute approximate surface area is 90.2 Å². The van der Waals surface area contributed by atoms with E-state index in [0.717, 1.165) is 4.90 Å². The number of carbonyl (C=O) groups excluding carboxylic acids is 1. The van der Waals surface area contributed by atoms with Crippen molar-refractivity contribution in [1.29, 1.82) is 0 Å². The molecule has 0 heterocycles. The van der Waals surface area contributed by atoms with Crippen LogP contribution in [0.4, 0.5) is 13.2 Å². The van der Waals surface area contributed by atoms with Gasteiger partial charge in [-0.1, -0.05) is 0 Å². The highest BCUT2D eigenvalue weighted by molar-refractivity contribution is 5.77. The minimum absolute atomic E-state index is 0.281. The van der Waals surface area contributed by atoms with Crippen LogP contribution in [0.1, 0.15) is 0 Å². The number of nitrogens with zero attached hydrogens (tertiary/aromatic N) is 1. The Bertz CT molecular complexity index is 268. The van der Waals surface area contributed by atoms with E-state index < -0.39 is 30.5 Å². The van der Waals surface area contributed by atoms with Gasteiger partial charge in [-0.2, -0.15) is 13.2 Å². The van der Waals surface area contributed by atoms with E-state index in [-0.39, 0.29) is 6.54 Å². The monoisotopic (exact) mass is 242 g/mol. The van der Waals surface area contributed by atoms with Gasteiger partial charge in [0.1, 0.15) is 0 Å². The second-order valence-corrected chi connectivity index (χ2v) is 3.30. The van der Waals surface area contributed by atoms with Gasteiger partial charge in [-0.25, -0.2) is 0 Å². The number of amides is 1. The Kier molecular flexibility index (Phi) is 5.22. The molecule has 1 amide bonds. The van der Waals surface area contributed by atoms with Crippen molar-refractivity contribution in [3.05, 3.63) is 0 Å². The van der Waals surface area contributed by atoms with Crippen molar-refractivity contribution in [2.24, 2.45) is 5.92 Å². The molecule has 0 spiro atoms. The van der Waals surface area contributed by atoms with Crippen LogP contribution in [0, 0.1) is 5.92 Å². The standard InChI is InChI=1S/C8H13F3N2O3/c1-12-6(14)4-13(2)3-5(7(15)16)8(9,10)11/h5H,3-4H2,1-2H3,(H,12,14)(H,15,16). The molecule has 2 N–H and O–H groups in total. The Balaban J connectivity index is 4.42. The first-order chi connectivity index (χ1) is 7.18. The third kappa shape index (κ3) is 4.96. The topological polar surface area (TPSA) is 69.6 Å². The Morgan fingerprint density at radius 3 is 2.25 bits per heavy atom. The molecule has 0 aromatic heterocycles. The van der Waals surface area contributed by atoms with Gasteiger partial charge < -0.3 is 10.4 Å². The van der Waals surface area contributed by atoms with Gasteiger partial charge in [-0.3, -0.25) is 14.5 Å². The number of alkyl halides is 3. The summed E-state index contributed by atoms with van der Waals surface area (Å²) in [7, 11) is 2.59. The molecule has 5 nitrogen and oxygen atoms in total. The number of carbonyl (C=O) groups is 2. The van der Waals surface area contributed by atoms with Gasteiger partial charge in [0, 0.05) is 13.6 Å². The predicted molar refractivity (Wildman–Crippen MR) is 48.7 cm³/mol. The average molecular weight is 242 g/mol. The number of carboxylic acid groups (broad SMARTS) is 1. The maximum absolute atomic E-state index is 12.2. The van der Waals surface area contributed by atoms with Crippen molar-refractivity contribution in [3.63, 3.8) is 0 Å². The van der Waals surface area contributed by atoms with Crippen molar-refractivity contribution in [1.82, 2.24) is 10.2 Å². The summed E-state index contributed by atoms with van der Waals surface area (Å²) in [6.45, 7) is -1.04. The van der Waals surface area contributed by atoms with E-state index in [9.17, 15) is 22.8 Å².